The van der Waals surface area contributed by atoms with E-state index in [2.05, 4.69) is 21.2 Å². The van der Waals surface area contributed by atoms with Gasteiger partial charge >= 0.3 is 0 Å². The van der Waals surface area contributed by atoms with Crippen LogP contribution in [0.25, 0.3) is 0 Å². The van der Waals surface area contributed by atoms with Crippen LogP contribution >= 0.6 is 15.9 Å². The van der Waals surface area contributed by atoms with E-state index >= 15 is 0 Å². The third-order valence-electron chi connectivity index (χ3n) is 5.62. The number of anilines is 1. The topological polar surface area (TPSA) is 86.8 Å². The van der Waals surface area contributed by atoms with Crippen LogP contribution in [0.1, 0.15) is 51.7 Å². The lowest BCUT2D eigenvalue weighted by molar-refractivity contribution is -0.140. The molecule has 0 heterocycles. The fourth-order valence-corrected chi connectivity index (χ4v) is 5.13. The molecule has 2 amide bonds. The minimum atomic E-state index is -3.51. The van der Waals surface area contributed by atoms with Crippen LogP contribution in [0.15, 0.2) is 53.0 Å². The van der Waals surface area contributed by atoms with E-state index in [9.17, 15) is 18.0 Å². The minimum Gasteiger partial charge on any atom is -0.352 e. The number of rotatable bonds is 12. The van der Waals surface area contributed by atoms with Gasteiger partial charge in [-0.15, -0.1) is 0 Å². The van der Waals surface area contributed by atoms with Crippen LogP contribution in [-0.4, -0.2) is 50.0 Å². The number of sulfonamides is 1. The Morgan fingerprint density at radius 1 is 1.03 bits per heavy atom. The summed E-state index contributed by atoms with van der Waals surface area (Å²) in [4.78, 5) is 27.5. The summed E-state index contributed by atoms with van der Waals surface area (Å²) in [7, 11) is -3.51. The molecular weight excluding hydrogens is 530 g/mol. The van der Waals surface area contributed by atoms with Crippen molar-refractivity contribution in [3.05, 3.63) is 64.1 Å². The van der Waals surface area contributed by atoms with Crippen molar-refractivity contribution in [3.8, 4) is 0 Å². The number of hydrogen-bond acceptors (Lipinski definition) is 4. The predicted molar refractivity (Wildman–Crippen MR) is 145 cm³/mol. The molecule has 1 atom stereocenters. The number of nitrogens with zero attached hydrogens (tertiary/aromatic N) is 2. The van der Waals surface area contributed by atoms with E-state index in [4.69, 9.17) is 0 Å². The van der Waals surface area contributed by atoms with Crippen LogP contribution < -0.4 is 9.62 Å². The highest BCUT2D eigenvalue weighted by Gasteiger charge is 2.27. The molecule has 192 valence electrons. The second-order valence-electron chi connectivity index (χ2n) is 8.95. The van der Waals surface area contributed by atoms with Crippen molar-refractivity contribution >= 4 is 43.5 Å². The molecule has 0 fully saturated rings. The number of nitrogens with one attached hydrogen (secondary N) is 1. The molecule has 9 heteroatoms. The number of carbonyl (C=O) groups is 2. The molecule has 0 aromatic heterocycles. The number of aryl methyl sites for hydroxylation is 1. The zero-order chi connectivity index (χ0) is 26.2. The zero-order valence-corrected chi connectivity index (χ0v) is 23.5. The van der Waals surface area contributed by atoms with E-state index in [1.165, 1.54) is 10.6 Å². The summed E-state index contributed by atoms with van der Waals surface area (Å²) in [6.45, 7) is 7.95. The molecule has 0 aliphatic rings. The first-order chi connectivity index (χ1) is 16.4. The fourth-order valence-electron chi connectivity index (χ4n) is 3.72. The molecule has 2 aromatic rings. The van der Waals surface area contributed by atoms with Gasteiger partial charge in [-0.05, 0) is 69.0 Å². The lowest BCUT2D eigenvalue weighted by Crippen LogP contribution is -2.49. The van der Waals surface area contributed by atoms with Crippen molar-refractivity contribution in [2.45, 2.75) is 65.6 Å². The van der Waals surface area contributed by atoms with E-state index in [0.717, 1.165) is 22.0 Å². The van der Waals surface area contributed by atoms with Crippen LogP contribution in [-0.2, 0) is 32.6 Å². The number of carbonyl (C=O) groups excluding carboxylic acids is 2. The van der Waals surface area contributed by atoms with E-state index in [1.807, 2.05) is 57.2 Å². The van der Waals surface area contributed by atoms with Gasteiger partial charge in [0.1, 0.15) is 6.04 Å². The van der Waals surface area contributed by atoms with Crippen LogP contribution in [0.3, 0.4) is 0 Å². The Kier molecular flexibility index (Phi) is 10.8. The molecule has 0 aliphatic heterocycles. The minimum absolute atomic E-state index is 0.0461. The van der Waals surface area contributed by atoms with E-state index in [0.29, 0.717) is 12.1 Å². The normalized spacial score (nSPS) is 12.3. The standard InChI is InChI=1S/C26H36BrN3O4S/c1-6-21-12-14-24(15-13-21)30(35(5,33)34)16-8-11-25(31)29(20(4)26(32)28-19(2)3)18-22-9-7-10-23(27)17-22/h7,9-10,12-15,17,19-20H,6,8,11,16,18H2,1-5H3,(H,28,32)/t20-/m0/s1. The Morgan fingerprint density at radius 3 is 2.23 bits per heavy atom. The molecule has 7 nitrogen and oxygen atoms in total. The molecule has 0 aliphatic carbocycles. The maximum atomic E-state index is 13.3. The third kappa shape index (κ3) is 8.96. The highest BCUT2D eigenvalue weighted by atomic mass is 79.9. The first kappa shape index (κ1) is 28.8. The molecule has 0 saturated heterocycles. The maximum Gasteiger partial charge on any atom is 0.242 e. The first-order valence-electron chi connectivity index (χ1n) is 11.8. The average molecular weight is 567 g/mol. The molecule has 0 bridgehead atoms. The smallest absolute Gasteiger partial charge is 0.242 e. The van der Waals surface area contributed by atoms with Crippen molar-refractivity contribution in [2.24, 2.45) is 0 Å². The largest absolute Gasteiger partial charge is 0.352 e. The zero-order valence-electron chi connectivity index (χ0n) is 21.1. The lowest BCUT2D eigenvalue weighted by Gasteiger charge is -2.30. The molecule has 0 radical (unpaired) electrons. The van der Waals surface area contributed by atoms with Crippen LogP contribution in [0.5, 0.6) is 0 Å². The van der Waals surface area contributed by atoms with Crippen molar-refractivity contribution in [2.75, 3.05) is 17.1 Å². The third-order valence-corrected chi connectivity index (χ3v) is 7.31. The summed E-state index contributed by atoms with van der Waals surface area (Å²) in [6, 6.07) is 14.3. The molecular formula is C26H36BrN3O4S. The molecule has 0 unspecified atom stereocenters. The molecule has 0 spiro atoms. The highest BCUT2D eigenvalue weighted by Crippen LogP contribution is 2.21. The Morgan fingerprint density at radius 2 is 1.69 bits per heavy atom. The maximum absolute atomic E-state index is 13.3. The van der Waals surface area contributed by atoms with Gasteiger partial charge in [0.05, 0.1) is 11.9 Å². The molecule has 2 rings (SSSR count). The number of amides is 2. The quantitative estimate of drug-likeness (QED) is 0.410. The van der Waals surface area contributed by atoms with Crippen LogP contribution in [0, 0.1) is 0 Å². The lowest BCUT2D eigenvalue weighted by atomic mass is 10.1. The second-order valence-corrected chi connectivity index (χ2v) is 11.8. The van der Waals surface area contributed by atoms with Gasteiger partial charge in [-0.2, -0.15) is 0 Å². The van der Waals surface area contributed by atoms with Crippen molar-refractivity contribution in [1.29, 1.82) is 0 Å². The first-order valence-corrected chi connectivity index (χ1v) is 14.5. The fraction of sp³-hybridized carbons (Fsp3) is 0.462. The second kappa shape index (κ2) is 13.1. The Labute approximate surface area is 218 Å². The Hall–Kier alpha value is -2.39. The summed E-state index contributed by atoms with van der Waals surface area (Å²) in [6.07, 6.45) is 2.48. The number of halogens is 1. The van der Waals surface area contributed by atoms with Gasteiger partial charge in [0, 0.05) is 30.0 Å². The average Bonchev–Trinajstić information content (AvgIpc) is 2.78. The summed E-state index contributed by atoms with van der Waals surface area (Å²) in [5.74, 6) is -0.428. The van der Waals surface area contributed by atoms with Crippen LogP contribution in [0.4, 0.5) is 5.69 Å². The van der Waals surface area contributed by atoms with Gasteiger partial charge in [0.2, 0.25) is 21.8 Å². The molecule has 2 aromatic carbocycles. The van der Waals surface area contributed by atoms with E-state index in [-0.39, 0.29) is 37.4 Å². The SMILES string of the molecule is CCc1ccc(N(CCCC(=O)N(Cc2cccc(Br)c2)[C@@H](C)C(=O)NC(C)C)S(C)(=O)=O)cc1. The van der Waals surface area contributed by atoms with Gasteiger partial charge in [0.25, 0.3) is 0 Å². The monoisotopic (exact) mass is 565 g/mol. The van der Waals surface area contributed by atoms with Crippen LogP contribution in [0.2, 0.25) is 0 Å². The number of hydrogen-bond donors (Lipinski definition) is 1. The Balaban J connectivity index is 2.16. The highest BCUT2D eigenvalue weighted by molar-refractivity contribution is 9.10. The summed E-state index contributed by atoms with van der Waals surface area (Å²) in [5.41, 5.74) is 2.59. The van der Waals surface area contributed by atoms with E-state index < -0.39 is 16.1 Å². The Bertz CT molecular complexity index is 1100. The van der Waals surface area contributed by atoms with Gasteiger partial charge in [-0.3, -0.25) is 13.9 Å². The molecule has 0 saturated carbocycles. The van der Waals surface area contributed by atoms with Gasteiger partial charge in [-0.25, -0.2) is 8.42 Å². The van der Waals surface area contributed by atoms with Crippen molar-refractivity contribution in [1.82, 2.24) is 10.2 Å². The molecule has 1 N–H and O–H groups in total. The number of benzene rings is 2. The van der Waals surface area contributed by atoms with Gasteiger partial charge in [0.15, 0.2) is 0 Å². The van der Waals surface area contributed by atoms with Crippen molar-refractivity contribution < 1.29 is 18.0 Å². The van der Waals surface area contributed by atoms with Gasteiger partial charge < -0.3 is 10.2 Å². The van der Waals surface area contributed by atoms with Crippen molar-refractivity contribution in [3.63, 3.8) is 0 Å². The predicted octanol–water partition coefficient (Wildman–Crippen LogP) is 4.50. The molecule has 35 heavy (non-hydrogen) atoms. The summed E-state index contributed by atoms with van der Waals surface area (Å²) >= 11 is 3.45. The van der Waals surface area contributed by atoms with Gasteiger partial charge in [-0.1, -0.05) is 47.1 Å². The van der Waals surface area contributed by atoms with E-state index in [1.54, 1.807) is 24.0 Å². The summed E-state index contributed by atoms with van der Waals surface area (Å²) in [5, 5.41) is 2.87. The summed E-state index contributed by atoms with van der Waals surface area (Å²) < 4.78 is 27.1.